The van der Waals surface area contributed by atoms with Gasteiger partial charge >= 0.3 is 6.16 Å². The van der Waals surface area contributed by atoms with Crippen LogP contribution in [0, 0.1) is 17.3 Å². The summed E-state index contributed by atoms with van der Waals surface area (Å²) < 4.78 is 10.4. The third-order valence-electron chi connectivity index (χ3n) is 4.89. The van der Waals surface area contributed by atoms with E-state index in [1.807, 2.05) is 6.07 Å². The van der Waals surface area contributed by atoms with Crippen LogP contribution in [0.3, 0.4) is 0 Å². The highest BCUT2D eigenvalue weighted by atomic mass is 16.7. The molecule has 1 fully saturated rings. The van der Waals surface area contributed by atoms with E-state index in [-0.39, 0.29) is 18.3 Å². The molecule has 3 atom stereocenters. The number of Topliss-reactive ketones (excluding diaryl/α,β-unsaturated/α-hetero) is 1. The van der Waals surface area contributed by atoms with Gasteiger partial charge in [-0.3, -0.25) is 4.79 Å². The summed E-state index contributed by atoms with van der Waals surface area (Å²) >= 11 is 0. The fourth-order valence-corrected chi connectivity index (χ4v) is 3.60. The molecule has 3 aliphatic carbocycles. The quantitative estimate of drug-likeness (QED) is 0.482. The second-order valence-corrected chi connectivity index (χ2v) is 6.20. The lowest BCUT2D eigenvalue weighted by atomic mass is 9.58. The summed E-state index contributed by atoms with van der Waals surface area (Å²) in [6, 6.07) is 8.78. The van der Waals surface area contributed by atoms with E-state index in [9.17, 15) is 9.59 Å². The SMILES string of the molecule is CC(=O)C1(COC(=O)Oc2ccccc2)CC2C=CC1CC2. The fraction of sp³-hybridized carbons (Fsp3) is 0.444. The molecule has 4 rings (SSSR count). The molecule has 0 aromatic heterocycles. The fourth-order valence-electron chi connectivity index (χ4n) is 3.60. The van der Waals surface area contributed by atoms with Gasteiger partial charge in [0.05, 0.1) is 5.41 Å². The maximum absolute atomic E-state index is 12.2. The maximum atomic E-state index is 12.2. The lowest BCUT2D eigenvalue weighted by molar-refractivity contribution is -0.136. The molecular formula is C18H20O4. The molecule has 2 bridgehead atoms. The minimum absolute atomic E-state index is 0.0964. The molecule has 4 nitrogen and oxygen atoms in total. The number of benzene rings is 1. The van der Waals surface area contributed by atoms with Crippen LogP contribution in [0.25, 0.3) is 0 Å². The molecule has 0 N–H and O–H groups in total. The zero-order chi connectivity index (χ0) is 15.6. The second kappa shape index (κ2) is 5.95. The summed E-state index contributed by atoms with van der Waals surface area (Å²) in [5.41, 5.74) is -0.576. The number of carbonyl (C=O) groups excluding carboxylic acids is 2. The summed E-state index contributed by atoms with van der Waals surface area (Å²) in [6.45, 7) is 1.69. The predicted molar refractivity (Wildman–Crippen MR) is 81.5 cm³/mol. The molecule has 4 heteroatoms. The van der Waals surface area contributed by atoms with E-state index < -0.39 is 11.6 Å². The van der Waals surface area contributed by atoms with E-state index in [1.165, 1.54) is 0 Å². The molecule has 3 unspecified atom stereocenters. The highest BCUT2D eigenvalue weighted by Gasteiger charge is 2.49. The van der Waals surface area contributed by atoms with Crippen LogP contribution in [0.15, 0.2) is 42.5 Å². The number of allylic oxidation sites excluding steroid dienone is 2. The van der Waals surface area contributed by atoms with E-state index in [2.05, 4.69) is 12.2 Å². The van der Waals surface area contributed by atoms with E-state index in [0.717, 1.165) is 19.3 Å². The maximum Gasteiger partial charge on any atom is 0.513 e. The molecule has 116 valence electrons. The summed E-state index contributed by atoms with van der Waals surface area (Å²) in [7, 11) is 0. The Morgan fingerprint density at radius 2 is 1.95 bits per heavy atom. The van der Waals surface area contributed by atoms with Crippen LogP contribution in [-0.2, 0) is 9.53 Å². The first-order valence-electron chi connectivity index (χ1n) is 7.69. The van der Waals surface area contributed by atoms with E-state index >= 15 is 0 Å². The third kappa shape index (κ3) is 2.78. The van der Waals surface area contributed by atoms with Crippen LogP contribution < -0.4 is 4.74 Å². The molecule has 3 aliphatic rings. The van der Waals surface area contributed by atoms with Crippen LogP contribution in [0.1, 0.15) is 26.2 Å². The molecule has 0 heterocycles. The van der Waals surface area contributed by atoms with Crippen LogP contribution in [-0.4, -0.2) is 18.5 Å². The molecular weight excluding hydrogens is 280 g/mol. The first-order chi connectivity index (χ1) is 10.6. The smallest absolute Gasteiger partial charge is 0.433 e. The highest BCUT2D eigenvalue weighted by Crippen LogP contribution is 2.49. The second-order valence-electron chi connectivity index (χ2n) is 6.20. The molecule has 0 radical (unpaired) electrons. The first kappa shape index (κ1) is 14.8. The molecule has 1 aromatic carbocycles. The van der Waals surface area contributed by atoms with Crippen molar-refractivity contribution in [1.82, 2.24) is 0 Å². The Bertz CT molecular complexity index is 592. The predicted octanol–water partition coefficient (Wildman–Crippen LogP) is 3.76. The van der Waals surface area contributed by atoms with Gasteiger partial charge in [0, 0.05) is 0 Å². The van der Waals surface area contributed by atoms with Gasteiger partial charge < -0.3 is 9.47 Å². The standard InChI is InChI=1S/C18H20O4/c1-13(19)18(11-14-7-9-15(18)10-8-14)12-21-17(20)22-16-5-3-2-4-6-16/h2-7,9,14-15H,8,10-12H2,1H3. The average Bonchev–Trinajstić information content (AvgIpc) is 2.55. The lowest BCUT2D eigenvalue weighted by Crippen LogP contribution is -2.47. The van der Waals surface area contributed by atoms with Gasteiger partial charge in [0.2, 0.25) is 0 Å². The van der Waals surface area contributed by atoms with E-state index in [4.69, 9.17) is 9.47 Å². The average molecular weight is 300 g/mol. The zero-order valence-corrected chi connectivity index (χ0v) is 12.7. The van der Waals surface area contributed by atoms with Crippen LogP contribution in [0.5, 0.6) is 5.75 Å². The van der Waals surface area contributed by atoms with Crippen molar-refractivity contribution < 1.29 is 19.1 Å². The van der Waals surface area contributed by atoms with Crippen LogP contribution >= 0.6 is 0 Å². The number of hydrogen-bond donors (Lipinski definition) is 0. The van der Waals surface area contributed by atoms with Crippen molar-refractivity contribution in [2.75, 3.05) is 6.61 Å². The minimum atomic E-state index is -0.753. The number of carbonyl (C=O) groups is 2. The number of rotatable bonds is 4. The Morgan fingerprint density at radius 1 is 1.18 bits per heavy atom. The van der Waals surface area contributed by atoms with Gasteiger partial charge in [-0.2, -0.15) is 0 Å². The van der Waals surface area contributed by atoms with Gasteiger partial charge in [0.25, 0.3) is 0 Å². The number of fused-ring (bicyclic) bond motifs is 2. The Kier molecular flexibility index (Phi) is 4.01. The van der Waals surface area contributed by atoms with Crippen molar-refractivity contribution in [1.29, 1.82) is 0 Å². The van der Waals surface area contributed by atoms with Gasteiger partial charge in [-0.05, 0) is 50.2 Å². The van der Waals surface area contributed by atoms with Crippen molar-refractivity contribution in [3.8, 4) is 5.75 Å². The molecule has 1 aromatic rings. The largest absolute Gasteiger partial charge is 0.513 e. The van der Waals surface area contributed by atoms with E-state index in [1.54, 1.807) is 31.2 Å². The number of ketones is 1. The molecule has 0 aliphatic heterocycles. The molecule has 0 amide bonds. The van der Waals surface area contributed by atoms with Gasteiger partial charge in [0.15, 0.2) is 0 Å². The summed E-state index contributed by atoms with van der Waals surface area (Å²) in [4.78, 5) is 24.1. The Morgan fingerprint density at radius 3 is 2.50 bits per heavy atom. The molecule has 0 spiro atoms. The number of ether oxygens (including phenoxy) is 2. The number of para-hydroxylation sites is 1. The van der Waals surface area contributed by atoms with Crippen molar-refractivity contribution in [2.24, 2.45) is 17.3 Å². The van der Waals surface area contributed by atoms with Gasteiger partial charge in [-0.1, -0.05) is 30.4 Å². The molecule has 22 heavy (non-hydrogen) atoms. The topological polar surface area (TPSA) is 52.6 Å². The third-order valence-corrected chi connectivity index (χ3v) is 4.89. The normalized spacial score (nSPS) is 29.1. The zero-order valence-electron chi connectivity index (χ0n) is 12.7. The molecule has 1 saturated carbocycles. The van der Waals surface area contributed by atoms with Crippen molar-refractivity contribution in [2.45, 2.75) is 26.2 Å². The van der Waals surface area contributed by atoms with Crippen LogP contribution in [0.2, 0.25) is 0 Å². The van der Waals surface area contributed by atoms with Crippen molar-refractivity contribution in [3.63, 3.8) is 0 Å². The highest BCUT2D eigenvalue weighted by molar-refractivity contribution is 5.84. The Hall–Kier alpha value is -2.10. The van der Waals surface area contributed by atoms with Crippen molar-refractivity contribution in [3.05, 3.63) is 42.5 Å². The first-order valence-corrected chi connectivity index (χ1v) is 7.69. The van der Waals surface area contributed by atoms with Crippen molar-refractivity contribution >= 4 is 11.9 Å². The van der Waals surface area contributed by atoms with Gasteiger partial charge in [-0.25, -0.2) is 4.79 Å². The van der Waals surface area contributed by atoms with E-state index in [0.29, 0.717) is 11.7 Å². The monoisotopic (exact) mass is 300 g/mol. The Labute approximate surface area is 130 Å². The summed E-state index contributed by atoms with van der Waals surface area (Å²) in [6.07, 6.45) is 6.42. The van der Waals surface area contributed by atoms with Crippen LogP contribution in [0.4, 0.5) is 4.79 Å². The minimum Gasteiger partial charge on any atom is -0.433 e. The summed E-state index contributed by atoms with van der Waals surface area (Å²) in [5, 5.41) is 0. The lowest BCUT2D eigenvalue weighted by Gasteiger charge is -2.46. The Balaban J connectivity index is 1.65. The summed E-state index contributed by atoms with van der Waals surface area (Å²) in [5.74, 6) is 1.12. The molecule has 0 saturated heterocycles. The van der Waals surface area contributed by atoms with Gasteiger partial charge in [-0.15, -0.1) is 0 Å². The van der Waals surface area contributed by atoms with Gasteiger partial charge in [0.1, 0.15) is 18.1 Å². The number of hydrogen-bond acceptors (Lipinski definition) is 4.